The lowest BCUT2D eigenvalue weighted by molar-refractivity contribution is 1.62. The van der Waals surface area contributed by atoms with Crippen LogP contribution in [0.4, 0.5) is 0 Å². The molecule has 0 spiro atoms. The van der Waals surface area contributed by atoms with Crippen LogP contribution in [0.1, 0.15) is 0 Å². The van der Waals surface area contributed by atoms with Crippen LogP contribution in [0.25, 0.3) is 110 Å². The predicted molar refractivity (Wildman–Crippen MR) is 280 cm³/mol. The van der Waals surface area contributed by atoms with E-state index in [0.717, 1.165) is 0 Å². The highest BCUT2D eigenvalue weighted by molar-refractivity contribution is 6.99. The van der Waals surface area contributed by atoms with E-state index in [9.17, 15) is 0 Å². The molecule has 13 rings (SSSR count). The molecular weight excluding hydrogens is 780 g/mol. The molecule has 1 aliphatic rings. The average molecular weight is 821 g/mol. The van der Waals surface area contributed by atoms with E-state index in [4.69, 9.17) is 0 Å². The Morgan fingerprint density at radius 2 is 0.569 bits per heavy atom. The SMILES string of the molecule is c1ccc(B2c3ccccc3-c3cc(-c4c5ccccc5c(-c5ccc(-c6c7ccccc7c(-c7ccccc7)c7cc(-c8ccccc8)ccc67)cc5)c5ccccc45)ccc32)cc1. The highest BCUT2D eigenvalue weighted by Gasteiger charge is 2.33. The van der Waals surface area contributed by atoms with Gasteiger partial charge in [0.15, 0.2) is 0 Å². The minimum atomic E-state index is 0.222. The Kier molecular flexibility index (Phi) is 8.74. The van der Waals surface area contributed by atoms with Crippen LogP contribution < -0.4 is 16.4 Å². The van der Waals surface area contributed by atoms with Crippen molar-refractivity contribution in [3.8, 4) is 66.8 Å². The summed E-state index contributed by atoms with van der Waals surface area (Å²) in [5, 5.41) is 10.1. The quantitative estimate of drug-likeness (QED) is 0.116. The Balaban J connectivity index is 0.986. The zero-order valence-corrected chi connectivity index (χ0v) is 35.7. The summed E-state index contributed by atoms with van der Waals surface area (Å²) in [5.41, 5.74) is 19.2. The van der Waals surface area contributed by atoms with E-state index in [-0.39, 0.29) is 6.71 Å². The van der Waals surface area contributed by atoms with Crippen molar-refractivity contribution < 1.29 is 0 Å². The van der Waals surface area contributed by atoms with E-state index in [1.165, 1.54) is 126 Å². The van der Waals surface area contributed by atoms with Crippen molar-refractivity contribution >= 4 is 66.2 Å². The van der Waals surface area contributed by atoms with Gasteiger partial charge in [-0.25, -0.2) is 0 Å². The molecule has 12 aromatic rings. The molecule has 1 heteroatoms. The summed E-state index contributed by atoms with van der Waals surface area (Å²) in [5.74, 6) is 0. The Morgan fingerprint density at radius 3 is 1.12 bits per heavy atom. The third kappa shape index (κ3) is 6.01. The summed E-state index contributed by atoms with van der Waals surface area (Å²) >= 11 is 0. The lowest BCUT2D eigenvalue weighted by Gasteiger charge is -2.20. The average Bonchev–Trinajstić information content (AvgIpc) is 3.71. The lowest BCUT2D eigenvalue weighted by atomic mass is 9.39. The number of hydrogen-bond acceptors (Lipinski definition) is 0. The van der Waals surface area contributed by atoms with Gasteiger partial charge in [0.05, 0.1) is 0 Å². The van der Waals surface area contributed by atoms with E-state index in [1.54, 1.807) is 0 Å². The van der Waals surface area contributed by atoms with Gasteiger partial charge in [0.2, 0.25) is 6.71 Å². The van der Waals surface area contributed by atoms with Gasteiger partial charge in [0.1, 0.15) is 0 Å². The van der Waals surface area contributed by atoms with Crippen molar-refractivity contribution in [1.82, 2.24) is 0 Å². The molecule has 12 aromatic carbocycles. The molecule has 0 amide bonds. The van der Waals surface area contributed by atoms with E-state index < -0.39 is 0 Å². The van der Waals surface area contributed by atoms with Gasteiger partial charge < -0.3 is 0 Å². The summed E-state index contributed by atoms with van der Waals surface area (Å²) in [7, 11) is 0. The second kappa shape index (κ2) is 15.2. The molecule has 0 N–H and O–H groups in total. The van der Waals surface area contributed by atoms with Gasteiger partial charge in [-0.05, 0) is 122 Å². The molecule has 0 saturated carbocycles. The first kappa shape index (κ1) is 37.3. The van der Waals surface area contributed by atoms with Crippen LogP contribution in [0.2, 0.25) is 0 Å². The smallest absolute Gasteiger partial charge is 0.0686 e. The molecule has 0 saturated heterocycles. The molecule has 0 aliphatic carbocycles. The molecule has 300 valence electrons. The monoisotopic (exact) mass is 820 g/mol. The molecule has 0 bridgehead atoms. The van der Waals surface area contributed by atoms with Gasteiger partial charge in [-0.1, -0.05) is 253 Å². The second-order valence-corrected chi connectivity index (χ2v) is 17.4. The van der Waals surface area contributed by atoms with Crippen molar-refractivity contribution in [2.45, 2.75) is 0 Å². The largest absolute Gasteiger partial charge is 0.242 e. The molecule has 0 unspecified atom stereocenters. The third-order valence-corrected chi connectivity index (χ3v) is 13.9. The number of hydrogen-bond donors (Lipinski definition) is 0. The fourth-order valence-corrected chi connectivity index (χ4v) is 11.1. The molecule has 0 atom stereocenters. The Bertz CT molecular complexity index is 3740. The molecule has 65 heavy (non-hydrogen) atoms. The van der Waals surface area contributed by atoms with Crippen LogP contribution in [0.15, 0.2) is 249 Å². The van der Waals surface area contributed by atoms with Crippen molar-refractivity contribution in [3.63, 3.8) is 0 Å². The van der Waals surface area contributed by atoms with Crippen LogP contribution >= 0.6 is 0 Å². The maximum absolute atomic E-state index is 2.46. The van der Waals surface area contributed by atoms with Gasteiger partial charge in [-0.3, -0.25) is 0 Å². The second-order valence-electron chi connectivity index (χ2n) is 17.4. The molecule has 0 radical (unpaired) electrons. The van der Waals surface area contributed by atoms with Crippen molar-refractivity contribution in [2.75, 3.05) is 0 Å². The highest BCUT2D eigenvalue weighted by atomic mass is 14.2. The maximum Gasteiger partial charge on any atom is 0.242 e. The van der Waals surface area contributed by atoms with Crippen molar-refractivity contribution in [3.05, 3.63) is 249 Å². The normalized spacial score (nSPS) is 12.0. The van der Waals surface area contributed by atoms with Crippen LogP contribution in [0, 0.1) is 0 Å². The number of rotatable bonds is 6. The van der Waals surface area contributed by atoms with Gasteiger partial charge in [0, 0.05) is 0 Å². The van der Waals surface area contributed by atoms with Crippen LogP contribution in [-0.4, -0.2) is 6.71 Å². The van der Waals surface area contributed by atoms with Gasteiger partial charge >= 0.3 is 0 Å². The number of fused-ring (bicyclic) bond motifs is 7. The molecule has 1 aliphatic heterocycles. The minimum absolute atomic E-state index is 0.222. The predicted octanol–water partition coefficient (Wildman–Crippen LogP) is 15.1. The van der Waals surface area contributed by atoms with Crippen molar-refractivity contribution in [1.29, 1.82) is 0 Å². The summed E-state index contributed by atoms with van der Waals surface area (Å²) < 4.78 is 0. The topological polar surface area (TPSA) is 0 Å². The fraction of sp³-hybridized carbons (Fsp3) is 0. The molecule has 1 heterocycles. The van der Waals surface area contributed by atoms with Crippen molar-refractivity contribution in [2.24, 2.45) is 0 Å². The first-order valence-electron chi connectivity index (χ1n) is 22.7. The highest BCUT2D eigenvalue weighted by Crippen LogP contribution is 2.47. The lowest BCUT2D eigenvalue weighted by Crippen LogP contribution is -2.48. The van der Waals surface area contributed by atoms with Crippen LogP contribution in [0.5, 0.6) is 0 Å². The Hall–Kier alpha value is -8.26. The van der Waals surface area contributed by atoms with Gasteiger partial charge in [0.25, 0.3) is 0 Å². The zero-order chi connectivity index (χ0) is 42.8. The molecule has 0 nitrogen and oxygen atoms in total. The van der Waals surface area contributed by atoms with E-state index in [0.29, 0.717) is 0 Å². The zero-order valence-electron chi connectivity index (χ0n) is 35.7. The Labute approximate surface area is 379 Å². The van der Waals surface area contributed by atoms with Gasteiger partial charge in [-0.15, -0.1) is 0 Å². The first-order chi connectivity index (χ1) is 32.3. The maximum atomic E-state index is 2.46. The van der Waals surface area contributed by atoms with Crippen LogP contribution in [-0.2, 0) is 0 Å². The molecule has 0 fully saturated rings. The van der Waals surface area contributed by atoms with E-state index >= 15 is 0 Å². The minimum Gasteiger partial charge on any atom is -0.0686 e. The molecular formula is C64H41B. The Morgan fingerprint density at radius 1 is 0.200 bits per heavy atom. The summed E-state index contributed by atoms with van der Waals surface area (Å²) in [6.45, 7) is 0.222. The first-order valence-corrected chi connectivity index (χ1v) is 22.7. The number of benzene rings is 12. The fourth-order valence-electron chi connectivity index (χ4n) is 11.1. The van der Waals surface area contributed by atoms with E-state index in [1.807, 2.05) is 0 Å². The standard InChI is InChI=1S/C64H41B/c1-4-18-42(19-5-1)46-36-38-56-58(40-46)63(43-20-6-2-7-21-43)53-28-13-10-25-50(53)62(56)45-34-32-44(33-35-45)61-51-26-11-14-29-54(51)64(55-30-15-12-27-52(55)61)47-37-39-60-57(41-47)49-24-16-17-31-59(49)65(60)48-22-8-3-9-23-48/h1-41H. The summed E-state index contributed by atoms with van der Waals surface area (Å²) in [4.78, 5) is 0. The summed E-state index contributed by atoms with van der Waals surface area (Å²) in [6, 6.07) is 92.2. The van der Waals surface area contributed by atoms with Crippen LogP contribution in [0.3, 0.4) is 0 Å². The summed E-state index contributed by atoms with van der Waals surface area (Å²) in [6.07, 6.45) is 0. The van der Waals surface area contributed by atoms with E-state index in [2.05, 4.69) is 249 Å². The third-order valence-electron chi connectivity index (χ3n) is 13.9. The molecule has 0 aromatic heterocycles. The van der Waals surface area contributed by atoms with Gasteiger partial charge in [-0.2, -0.15) is 0 Å².